The van der Waals surface area contributed by atoms with E-state index in [1.807, 2.05) is 42.9 Å². The molecule has 0 aliphatic heterocycles. The normalized spacial score (nSPS) is 11.1. The Hall–Kier alpha value is -4.57. The van der Waals surface area contributed by atoms with Gasteiger partial charge in [0.25, 0.3) is 0 Å². The maximum absolute atomic E-state index is 4.79. The fraction of sp³-hybridized carbons (Fsp3) is 0.0645. The predicted molar refractivity (Wildman–Crippen MR) is 144 cm³/mol. The van der Waals surface area contributed by atoms with Crippen LogP contribution in [-0.4, -0.2) is 22.0 Å². The molecule has 0 N–H and O–H groups in total. The highest BCUT2D eigenvalue weighted by molar-refractivity contribution is 6.11. The summed E-state index contributed by atoms with van der Waals surface area (Å²) >= 11 is 0. The van der Waals surface area contributed by atoms with E-state index in [0.29, 0.717) is 0 Å². The first-order valence-electron chi connectivity index (χ1n) is 11.7. The molecule has 0 fully saturated rings. The lowest BCUT2D eigenvalue weighted by molar-refractivity contribution is 0.900. The first-order valence-corrected chi connectivity index (χ1v) is 11.7. The molecule has 3 aromatic heterocycles. The van der Waals surface area contributed by atoms with Crippen LogP contribution in [0.1, 0.15) is 5.56 Å². The van der Waals surface area contributed by atoms with Gasteiger partial charge in [0.05, 0.1) is 11.0 Å². The van der Waals surface area contributed by atoms with Gasteiger partial charge in [0.2, 0.25) is 0 Å². The van der Waals surface area contributed by atoms with Gasteiger partial charge < -0.3 is 4.90 Å². The molecule has 0 atom stereocenters. The molecular weight excluding hydrogens is 428 g/mol. The SMILES string of the molecule is CN(Cc1ccccc1-c1ccnc2c1ccc1c(-c3ccccc3)ccnc12)c1ccccn1. The highest BCUT2D eigenvalue weighted by atomic mass is 15.2. The number of hydrogen-bond acceptors (Lipinski definition) is 4. The minimum absolute atomic E-state index is 0.751. The van der Waals surface area contributed by atoms with E-state index in [1.165, 1.54) is 22.3 Å². The molecule has 6 rings (SSSR count). The van der Waals surface area contributed by atoms with Gasteiger partial charge in [0.1, 0.15) is 5.82 Å². The summed E-state index contributed by atoms with van der Waals surface area (Å²) in [6.45, 7) is 0.751. The topological polar surface area (TPSA) is 41.9 Å². The zero-order chi connectivity index (χ0) is 23.6. The van der Waals surface area contributed by atoms with E-state index >= 15 is 0 Å². The van der Waals surface area contributed by atoms with Gasteiger partial charge in [-0.15, -0.1) is 0 Å². The molecule has 35 heavy (non-hydrogen) atoms. The Kier molecular flexibility index (Phi) is 5.39. The van der Waals surface area contributed by atoms with Gasteiger partial charge >= 0.3 is 0 Å². The average Bonchev–Trinajstić information content (AvgIpc) is 2.93. The van der Waals surface area contributed by atoms with E-state index in [-0.39, 0.29) is 0 Å². The minimum Gasteiger partial charge on any atom is -0.355 e. The molecule has 0 amide bonds. The van der Waals surface area contributed by atoms with E-state index < -0.39 is 0 Å². The summed E-state index contributed by atoms with van der Waals surface area (Å²) in [7, 11) is 2.08. The minimum atomic E-state index is 0.751. The van der Waals surface area contributed by atoms with E-state index in [2.05, 4.69) is 89.7 Å². The quantitative estimate of drug-likeness (QED) is 0.261. The van der Waals surface area contributed by atoms with E-state index in [9.17, 15) is 0 Å². The van der Waals surface area contributed by atoms with Crippen molar-refractivity contribution in [2.24, 2.45) is 0 Å². The number of aromatic nitrogens is 3. The number of hydrogen-bond donors (Lipinski definition) is 0. The van der Waals surface area contributed by atoms with Crippen LogP contribution in [0, 0.1) is 0 Å². The van der Waals surface area contributed by atoms with Gasteiger partial charge in [-0.05, 0) is 52.1 Å². The van der Waals surface area contributed by atoms with Crippen molar-refractivity contribution in [3.8, 4) is 22.3 Å². The number of nitrogens with zero attached hydrogens (tertiary/aromatic N) is 4. The average molecular weight is 453 g/mol. The van der Waals surface area contributed by atoms with E-state index in [0.717, 1.165) is 39.7 Å². The summed E-state index contributed by atoms with van der Waals surface area (Å²) in [5.74, 6) is 0.950. The second kappa shape index (κ2) is 8.99. The molecular formula is C31H24N4. The lowest BCUT2D eigenvalue weighted by Crippen LogP contribution is -2.18. The van der Waals surface area contributed by atoms with E-state index in [1.54, 1.807) is 0 Å². The van der Waals surface area contributed by atoms with Crippen molar-refractivity contribution in [1.82, 2.24) is 15.0 Å². The Labute approximate surface area is 204 Å². The first-order chi connectivity index (χ1) is 17.3. The van der Waals surface area contributed by atoms with Crippen LogP contribution in [0.25, 0.3) is 44.1 Å². The van der Waals surface area contributed by atoms with Crippen LogP contribution in [-0.2, 0) is 6.54 Å². The summed E-state index contributed by atoms with van der Waals surface area (Å²) in [5, 5.41) is 2.21. The molecule has 4 nitrogen and oxygen atoms in total. The third-order valence-electron chi connectivity index (χ3n) is 6.46. The number of rotatable bonds is 5. The standard InChI is InChI=1S/C31H24N4/c1-35(29-13-7-8-18-32-29)21-23-11-5-6-12-24(23)26-17-20-34-31-28(26)15-14-27-25(16-19-33-30(27)31)22-9-3-2-4-10-22/h2-20H,21H2,1H3. The smallest absolute Gasteiger partial charge is 0.128 e. The van der Waals surface area contributed by atoms with Gasteiger partial charge in [0, 0.05) is 43.0 Å². The zero-order valence-corrected chi connectivity index (χ0v) is 19.5. The van der Waals surface area contributed by atoms with Gasteiger partial charge in [-0.2, -0.15) is 0 Å². The molecule has 0 saturated heterocycles. The third kappa shape index (κ3) is 3.89. The van der Waals surface area contributed by atoms with Crippen LogP contribution in [0.5, 0.6) is 0 Å². The lowest BCUT2D eigenvalue weighted by Gasteiger charge is -2.20. The monoisotopic (exact) mass is 452 g/mol. The molecule has 168 valence electrons. The molecule has 0 aliphatic rings. The predicted octanol–water partition coefficient (Wildman–Crippen LogP) is 7.15. The van der Waals surface area contributed by atoms with Crippen LogP contribution < -0.4 is 4.90 Å². The van der Waals surface area contributed by atoms with Gasteiger partial charge in [-0.3, -0.25) is 9.97 Å². The summed E-state index contributed by atoms with van der Waals surface area (Å²) in [4.78, 5) is 16.2. The van der Waals surface area contributed by atoms with Crippen LogP contribution in [0.2, 0.25) is 0 Å². The summed E-state index contributed by atoms with van der Waals surface area (Å²) in [6.07, 6.45) is 5.61. The number of anilines is 1. The molecule has 0 aliphatic carbocycles. The van der Waals surface area contributed by atoms with Crippen molar-refractivity contribution >= 4 is 27.6 Å². The van der Waals surface area contributed by atoms with Crippen molar-refractivity contribution < 1.29 is 0 Å². The van der Waals surface area contributed by atoms with Crippen molar-refractivity contribution in [2.75, 3.05) is 11.9 Å². The molecule has 3 heterocycles. The van der Waals surface area contributed by atoms with Gasteiger partial charge in [0.15, 0.2) is 0 Å². The molecule has 4 heteroatoms. The Morgan fingerprint density at radius 2 is 1.20 bits per heavy atom. The fourth-order valence-electron chi connectivity index (χ4n) is 4.77. The Balaban J connectivity index is 1.49. The third-order valence-corrected chi connectivity index (χ3v) is 6.46. The highest BCUT2D eigenvalue weighted by Crippen LogP contribution is 2.36. The maximum atomic E-state index is 4.79. The molecule has 0 radical (unpaired) electrons. The number of fused-ring (bicyclic) bond motifs is 3. The van der Waals surface area contributed by atoms with Crippen molar-refractivity contribution in [3.05, 3.63) is 121 Å². The second-order valence-corrected chi connectivity index (χ2v) is 8.64. The summed E-state index contributed by atoms with van der Waals surface area (Å²) in [6, 6.07) is 33.6. The number of benzene rings is 3. The van der Waals surface area contributed by atoms with E-state index in [4.69, 9.17) is 9.97 Å². The van der Waals surface area contributed by atoms with Crippen LogP contribution in [0.3, 0.4) is 0 Å². The Bertz CT molecular complexity index is 1630. The molecule has 0 saturated carbocycles. The fourth-order valence-corrected chi connectivity index (χ4v) is 4.77. The van der Waals surface area contributed by atoms with Crippen molar-refractivity contribution in [2.45, 2.75) is 6.54 Å². The lowest BCUT2D eigenvalue weighted by atomic mass is 9.94. The Morgan fingerprint density at radius 1 is 0.543 bits per heavy atom. The summed E-state index contributed by atoms with van der Waals surface area (Å²) < 4.78 is 0. The molecule has 0 unspecified atom stereocenters. The van der Waals surface area contributed by atoms with Crippen molar-refractivity contribution in [1.29, 1.82) is 0 Å². The van der Waals surface area contributed by atoms with Gasteiger partial charge in [-0.1, -0.05) is 72.8 Å². The van der Waals surface area contributed by atoms with Crippen LogP contribution >= 0.6 is 0 Å². The highest BCUT2D eigenvalue weighted by Gasteiger charge is 2.14. The van der Waals surface area contributed by atoms with Crippen molar-refractivity contribution in [3.63, 3.8) is 0 Å². The molecule has 0 spiro atoms. The number of pyridine rings is 3. The van der Waals surface area contributed by atoms with Gasteiger partial charge in [-0.25, -0.2) is 4.98 Å². The molecule has 3 aromatic carbocycles. The van der Waals surface area contributed by atoms with Crippen LogP contribution in [0.15, 0.2) is 116 Å². The van der Waals surface area contributed by atoms with Crippen LogP contribution in [0.4, 0.5) is 5.82 Å². The summed E-state index contributed by atoms with van der Waals surface area (Å²) in [5.41, 5.74) is 7.79. The molecule has 0 bridgehead atoms. The zero-order valence-electron chi connectivity index (χ0n) is 19.5. The maximum Gasteiger partial charge on any atom is 0.128 e. The second-order valence-electron chi connectivity index (χ2n) is 8.64. The molecule has 6 aromatic rings. The first kappa shape index (κ1) is 21.0. The largest absolute Gasteiger partial charge is 0.355 e. The Morgan fingerprint density at radius 3 is 1.94 bits per heavy atom.